The van der Waals surface area contributed by atoms with Crippen LogP contribution in [0.25, 0.3) is 21.8 Å². The molecule has 19 heavy (non-hydrogen) atoms. The molecule has 0 fully saturated rings. The summed E-state index contributed by atoms with van der Waals surface area (Å²) >= 11 is 0. The van der Waals surface area contributed by atoms with E-state index in [4.69, 9.17) is 0 Å². The van der Waals surface area contributed by atoms with Crippen LogP contribution in [-0.2, 0) is 0 Å². The molecule has 0 amide bonds. The Bertz CT molecular complexity index is 992. The summed E-state index contributed by atoms with van der Waals surface area (Å²) in [5, 5.41) is 2.27. The first-order chi connectivity index (χ1) is 9.27. The Hall–Kier alpha value is -2.55. The van der Waals surface area contributed by atoms with Gasteiger partial charge in [-0.2, -0.15) is 0 Å². The van der Waals surface area contributed by atoms with E-state index in [1.54, 1.807) is 10.6 Å². The van der Waals surface area contributed by atoms with Crippen molar-refractivity contribution in [2.75, 3.05) is 0 Å². The van der Waals surface area contributed by atoms with Crippen LogP contribution in [0.15, 0.2) is 59.4 Å². The van der Waals surface area contributed by atoms with E-state index in [1.807, 2.05) is 47.8 Å². The monoisotopic (exact) mass is 248 g/mol. The van der Waals surface area contributed by atoms with Gasteiger partial charge in [-0.25, -0.2) is 9.03 Å². The highest BCUT2D eigenvalue weighted by molar-refractivity contribution is 6.04. The van der Waals surface area contributed by atoms with Crippen LogP contribution >= 0.6 is 0 Å². The highest BCUT2D eigenvalue weighted by atomic mass is 16.1. The first kappa shape index (κ1) is 10.4. The highest BCUT2D eigenvalue weighted by Crippen LogP contribution is 2.24. The number of aromatic nitrogens is 2. The van der Waals surface area contributed by atoms with Crippen molar-refractivity contribution in [3.63, 3.8) is 0 Å². The maximum Gasteiger partial charge on any atom is 0.271 e. The standard InChI is InChI=1S/C16H12N2O/c1-11-10-16(19)18-15-9-5-3-7-13(15)12-6-2-4-8-14(12)17(11)18/h2-10H,1H3. The van der Waals surface area contributed by atoms with Gasteiger partial charge in [0.25, 0.3) is 5.56 Å². The molecule has 3 heteroatoms. The number of fused-ring (bicyclic) bond motifs is 6. The molecule has 2 heterocycles. The van der Waals surface area contributed by atoms with Crippen molar-refractivity contribution in [1.82, 2.24) is 9.03 Å². The molecule has 4 rings (SSSR count). The summed E-state index contributed by atoms with van der Waals surface area (Å²) in [5.41, 5.74) is 2.96. The third-order valence-electron chi connectivity index (χ3n) is 3.63. The van der Waals surface area contributed by atoms with Gasteiger partial charge in [-0.05, 0) is 19.1 Å². The van der Waals surface area contributed by atoms with Crippen LogP contribution in [0.4, 0.5) is 0 Å². The zero-order valence-corrected chi connectivity index (χ0v) is 10.5. The molecule has 0 radical (unpaired) electrons. The van der Waals surface area contributed by atoms with E-state index in [2.05, 4.69) is 12.1 Å². The van der Waals surface area contributed by atoms with Gasteiger partial charge in [0.1, 0.15) is 0 Å². The summed E-state index contributed by atoms with van der Waals surface area (Å²) in [4.78, 5) is 12.2. The summed E-state index contributed by atoms with van der Waals surface area (Å²) in [6, 6.07) is 17.9. The Morgan fingerprint density at radius 1 is 0.789 bits per heavy atom. The number of aryl methyl sites for hydroxylation is 1. The van der Waals surface area contributed by atoms with Crippen molar-refractivity contribution in [2.24, 2.45) is 0 Å². The minimum atomic E-state index is 0.0134. The highest BCUT2D eigenvalue weighted by Gasteiger charge is 2.10. The fraction of sp³-hybridized carbons (Fsp3) is 0.0625. The number of nitrogens with zero attached hydrogens (tertiary/aromatic N) is 2. The van der Waals surface area contributed by atoms with Gasteiger partial charge in [-0.15, -0.1) is 0 Å². The van der Waals surface area contributed by atoms with E-state index >= 15 is 0 Å². The van der Waals surface area contributed by atoms with Gasteiger partial charge in [0, 0.05) is 22.5 Å². The fourth-order valence-corrected chi connectivity index (χ4v) is 2.85. The lowest BCUT2D eigenvalue weighted by molar-refractivity contribution is 0.836. The Balaban J connectivity index is 2.53. The lowest BCUT2D eigenvalue weighted by atomic mass is 10.1. The Kier molecular flexibility index (Phi) is 1.90. The largest absolute Gasteiger partial charge is 0.271 e. The maximum atomic E-state index is 12.2. The average molecular weight is 248 g/mol. The second-order valence-corrected chi connectivity index (χ2v) is 4.78. The van der Waals surface area contributed by atoms with Crippen LogP contribution in [0, 0.1) is 6.92 Å². The van der Waals surface area contributed by atoms with E-state index in [0.717, 1.165) is 27.5 Å². The van der Waals surface area contributed by atoms with Crippen LogP contribution in [0.2, 0.25) is 0 Å². The summed E-state index contributed by atoms with van der Waals surface area (Å²) < 4.78 is 3.73. The molecular weight excluding hydrogens is 236 g/mol. The molecule has 0 N–H and O–H groups in total. The van der Waals surface area contributed by atoms with E-state index in [-0.39, 0.29) is 5.56 Å². The van der Waals surface area contributed by atoms with Crippen molar-refractivity contribution in [2.45, 2.75) is 6.92 Å². The third-order valence-corrected chi connectivity index (χ3v) is 3.63. The summed E-state index contributed by atoms with van der Waals surface area (Å²) in [6.07, 6.45) is 0. The molecule has 0 saturated carbocycles. The van der Waals surface area contributed by atoms with E-state index in [9.17, 15) is 4.79 Å². The van der Waals surface area contributed by atoms with E-state index < -0.39 is 0 Å². The molecule has 0 aliphatic carbocycles. The fourth-order valence-electron chi connectivity index (χ4n) is 2.85. The molecule has 2 aromatic carbocycles. The smallest absolute Gasteiger partial charge is 0.267 e. The molecule has 0 atom stereocenters. The molecule has 2 aromatic heterocycles. The lowest BCUT2D eigenvalue weighted by Gasteiger charge is -2.10. The number of rotatable bonds is 0. The summed E-state index contributed by atoms with van der Waals surface area (Å²) in [6.45, 7) is 1.96. The average Bonchev–Trinajstić information content (AvgIpc) is 2.75. The van der Waals surface area contributed by atoms with Crippen LogP contribution in [0.5, 0.6) is 0 Å². The normalized spacial score (nSPS) is 11.6. The zero-order chi connectivity index (χ0) is 13.0. The Morgan fingerprint density at radius 3 is 1.95 bits per heavy atom. The second-order valence-electron chi connectivity index (χ2n) is 4.78. The first-order valence-electron chi connectivity index (χ1n) is 6.28. The minimum absolute atomic E-state index is 0.0134. The quantitative estimate of drug-likeness (QED) is 0.439. The van der Waals surface area contributed by atoms with Crippen molar-refractivity contribution < 1.29 is 0 Å². The summed E-state index contributed by atoms with van der Waals surface area (Å²) in [5.74, 6) is 0. The molecule has 4 aromatic rings. The zero-order valence-electron chi connectivity index (χ0n) is 10.5. The van der Waals surface area contributed by atoms with Crippen LogP contribution in [0.3, 0.4) is 0 Å². The van der Waals surface area contributed by atoms with Crippen molar-refractivity contribution in [3.05, 3.63) is 70.6 Å². The molecular formula is C16H12N2O. The van der Waals surface area contributed by atoms with Crippen molar-refractivity contribution in [3.8, 4) is 0 Å². The van der Waals surface area contributed by atoms with E-state index in [1.165, 1.54) is 0 Å². The van der Waals surface area contributed by atoms with Gasteiger partial charge in [-0.3, -0.25) is 4.79 Å². The number of benzene rings is 2. The first-order valence-corrected chi connectivity index (χ1v) is 6.28. The van der Waals surface area contributed by atoms with Gasteiger partial charge in [0.2, 0.25) is 0 Å². The molecule has 0 aliphatic rings. The number of hydrogen-bond acceptors (Lipinski definition) is 1. The van der Waals surface area contributed by atoms with Gasteiger partial charge in [0.05, 0.1) is 11.0 Å². The molecule has 0 unspecified atom stereocenters. The second kappa shape index (κ2) is 3.48. The van der Waals surface area contributed by atoms with Crippen LogP contribution in [0.1, 0.15) is 5.69 Å². The topological polar surface area (TPSA) is 25.9 Å². The summed E-state index contributed by atoms with van der Waals surface area (Å²) in [7, 11) is 0. The lowest BCUT2D eigenvalue weighted by Crippen LogP contribution is -2.12. The molecule has 0 spiro atoms. The third kappa shape index (κ3) is 1.24. The number of hydrogen-bond donors (Lipinski definition) is 0. The SMILES string of the molecule is Cc1cc(=O)n2c3ccccc3c3ccccc3n12. The Morgan fingerprint density at radius 2 is 1.32 bits per heavy atom. The Labute approximate surface area is 109 Å². The van der Waals surface area contributed by atoms with Gasteiger partial charge >= 0.3 is 0 Å². The van der Waals surface area contributed by atoms with Crippen LogP contribution < -0.4 is 5.56 Å². The number of para-hydroxylation sites is 2. The van der Waals surface area contributed by atoms with E-state index in [0.29, 0.717) is 0 Å². The van der Waals surface area contributed by atoms with Gasteiger partial charge in [0.15, 0.2) is 0 Å². The van der Waals surface area contributed by atoms with Gasteiger partial charge < -0.3 is 0 Å². The molecule has 0 aliphatic heterocycles. The molecule has 0 bridgehead atoms. The molecule has 3 nitrogen and oxygen atoms in total. The van der Waals surface area contributed by atoms with Crippen molar-refractivity contribution in [1.29, 1.82) is 0 Å². The van der Waals surface area contributed by atoms with Gasteiger partial charge in [-0.1, -0.05) is 36.4 Å². The maximum absolute atomic E-state index is 12.2. The predicted octanol–water partition coefficient (Wildman–Crippen LogP) is 3.01. The van der Waals surface area contributed by atoms with Crippen molar-refractivity contribution >= 4 is 21.8 Å². The molecule has 92 valence electrons. The van der Waals surface area contributed by atoms with Crippen LogP contribution in [-0.4, -0.2) is 9.03 Å². The predicted molar refractivity (Wildman–Crippen MR) is 76.9 cm³/mol. The minimum Gasteiger partial charge on any atom is -0.267 e. The molecule has 0 saturated heterocycles.